The van der Waals surface area contributed by atoms with Crippen molar-refractivity contribution in [2.24, 2.45) is 5.92 Å². The molecule has 2 aromatic rings. The van der Waals surface area contributed by atoms with E-state index in [0.717, 1.165) is 15.8 Å². The van der Waals surface area contributed by atoms with E-state index in [9.17, 15) is 4.79 Å². The Morgan fingerprint density at radius 1 is 1.17 bits per heavy atom. The monoisotopic (exact) mass is 375 g/mol. The van der Waals surface area contributed by atoms with Gasteiger partial charge in [0.1, 0.15) is 5.75 Å². The van der Waals surface area contributed by atoms with Crippen molar-refractivity contribution in [2.75, 3.05) is 13.7 Å². The fraction of sp³-hybridized carbons (Fsp3) is 0.316. The second-order valence-corrected chi connectivity index (χ2v) is 6.85. The Bertz CT molecular complexity index is 656. The summed E-state index contributed by atoms with van der Waals surface area (Å²) in [5, 5.41) is 0. The molecule has 0 atom stereocenters. The molecule has 0 aliphatic rings. The van der Waals surface area contributed by atoms with Crippen LogP contribution in [-0.4, -0.2) is 24.5 Å². The summed E-state index contributed by atoms with van der Waals surface area (Å²) in [5.74, 6) is 1.21. The molecule has 0 heterocycles. The van der Waals surface area contributed by atoms with Crippen LogP contribution in [0.25, 0.3) is 0 Å². The van der Waals surface area contributed by atoms with Crippen LogP contribution in [0, 0.1) is 5.92 Å². The third-order valence-corrected chi connectivity index (χ3v) is 3.98. The van der Waals surface area contributed by atoms with Crippen LogP contribution in [-0.2, 0) is 6.54 Å². The number of benzene rings is 2. The lowest BCUT2D eigenvalue weighted by Crippen LogP contribution is -2.26. The lowest BCUT2D eigenvalue weighted by molar-refractivity contribution is 0.0785. The van der Waals surface area contributed by atoms with Gasteiger partial charge in [0, 0.05) is 19.2 Å². The summed E-state index contributed by atoms with van der Waals surface area (Å²) in [6, 6.07) is 15.4. The predicted molar refractivity (Wildman–Crippen MR) is 96.7 cm³/mol. The molecule has 1 amide bonds. The number of amides is 1. The number of ether oxygens (including phenoxy) is 1. The van der Waals surface area contributed by atoms with Gasteiger partial charge in [0.15, 0.2) is 0 Å². The number of carbonyl (C=O) groups is 1. The highest BCUT2D eigenvalue weighted by atomic mass is 79.9. The van der Waals surface area contributed by atoms with Gasteiger partial charge >= 0.3 is 0 Å². The molecule has 0 aliphatic heterocycles. The predicted octanol–water partition coefficient (Wildman–Crippen LogP) is 4.76. The first-order valence-electron chi connectivity index (χ1n) is 7.69. The molecule has 0 bridgehead atoms. The molecule has 0 aromatic heterocycles. The quantitative estimate of drug-likeness (QED) is 0.728. The van der Waals surface area contributed by atoms with Crippen molar-refractivity contribution < 1.29 is 9.53 Å². The smallest absolute Gasteiger partial charge is 0.253 e. The van der Waals surface area contributed by atoms with Crippen LogP contribution in [0.15, 0.2) is 53.0 Å². The van der Waals surface area contributed by atoms with Crippen LogP contribution in [0.3, 0.4) is 0 Å². The molecule has 0 N–H and O–H groups in total. The minimum absolute atomic E-state index is 0.00929. The summed E-state index contributed by atoms with van der Waals surface area (Å²) in [6.07, 6.45) is 0. The molecule has 0 spiro atoms. The van der Waals surface area contributed by atoms with Gasteiger partial charge in [0.2, 0.25) is 0 Å². The van der Waals surface area contributed by atoms with Crippen LogP contribution in [0.5, 0.6) is 5.75 Å². The Kier molecular flexibility index (Phi) is 6.22. The van der Waals surface area contributed by atoms with E-state index < -0.39 is 0 Å². The molecule has 0 radical (unpaired) electrons. The van der Waals surface area contributed by atoms with Gasteiger partial charge in [-0.15, -0.1) is 0 Å². The van der Waals surface area contributed by atoms with Crippen LogP contribution in [0.1, 0.15) is 29.8 Å². The Morgan fingerprint density at radius 3 is 2.48 bits per heavy atom. The molecule has 2 aromatic carbocycles. The van der Waals surface area contributed by atoms with Crippen molar-refractivity contribution in [1.82, 2.24) is 4.90 Å². The molecule has 0 saturated heterocycles. The maximum atomic E-state index is 12.5. The van der Waals surface area contributed by atoms with Crippen molar-refractivity contribution in [3.63, 3.8) is 0 Å². The fourth-order valence-corrected chi connectivity index (χ4v) is 2.65. The molecule has 0 saturated carbocycles. The van der Waals surface area contributed by atoms with Crippen molar-refractivity contribution in [1.29, 1.82) is 0 Å². The van der Waals surface area contributed by atoms with Gasteiger partial charge in [-0.3, -0.25) is 4.79 Å². The van der Waals surface area contributed by atoms with E-state index in [0.29, 0.717) is 24.6 Å². The van der Waals surface area contributed by atoms with Crippen molar-refractivity contribution in [3.05, 3.63) is 64.1 Å². The van der Waals surface area contributed by atoms with Crippen molar-refractivity contribution >= 4 is 21.8 Å². The van der Waals surface area contributed by atoms with Gasteiger partial charge in [0.25, 0.3) is 5.91 Å². The number of rotatable bonds is 6. The molecule has 0 fully saturated rings. The minimum atomic E-state index is -0.00929. The second kappa shape index (κ2) is 8.16. The van der Waals surface area contributed by atoms with Crippen LogP contribution < -0.4 is 4.74 Å². The number of halogens is 1. The van der Waals surface area contributed by atoms with E-state index in [4.69, 9.17) is 4.74 Å². The Morgan fingerprint density at radius 2 is 1.87 bits per heavy atom. The average molecular weight is 376 g/mol. The zero-order valence-electron chi connectivity index (χ0n) is 13.8. The summed E-state index contributed by atoms with van der Waals surface area (Å²) in [6.45, 7) is 5.44. The molecular formula is C19H22BrNO2. The maximum absolute atomic E-state index is 12.5. The highest BCUT2D eigenvalue weighted by molar-refractivity contribution is 9.10. The third-order valence-electron chi connectivity index (χ3n) is 3.36. The highest BCUT2D eigenvalue weighted by Gasteiger charge is 2.14. The summed E-state index contributed by atoms with van der Waals surface area (Å²) >= 11 is 3.49. The molecule has 23 heavy (non-hydrogen) atoms. The lowest BCUT2D eigenvalue weighted by atomic mass is 10.1. The minimum Gasteiger partial charge on any atom is -0.492 e. The van der Waals surface area contributed by atoms with Crippen LogP contribution in [0.4, 0.5) is 0 Å². The Labute approximate surface area is 146 Å². The number of carbonyl (C=O) groups excluding carboxylic acids is 1. The van der Waals surface area contributed by atoms with Gasteiger partial charge in [-0.1, -0.05) is 44.2 Å². The van der Waals surface area contributed by atoms with E-state index >= 15 is 0 Å². The summed E-state index contributed by atoms with van der Waals surface area (Å²) in [7, 11) is 1.81. The first kappa shape index (κ1) is 17.5. The molecular weight excluding hydrogens is 354 g/mol. The van der Waals surface area contributed by atoms with Crippen molar-refractivity contribution in [2.45, 2.75) is 20.4 Å². The van der Waals surface area contributed by atoms with Crippen molar-refractivity contribution in [3.8, 4) is 5.75 Å². The van der Waals surface area contributed by atoms with Gasteiger partial charge in [-0.2, -0.15) is 0 Å². The topological polar surface area (TPSA) is 29.5 Å². The fourth-order valence-electron chi connectivity index (χ4n) is 2.16. The number of nitrogens with zero attached hydrogens (tertiary/aromatic N) is 1. The highest BCUT2D eigenvalue weighted by Crippen LogP contribution is 2.27. The number of hydrogen-bond acceptors (Lipinski definition) is 2. The lowest BCUT2D eigenvalue weighted by Gasteiger charge is -2.18. The van der Waals surface area contributed by atoms with Gasteiger partial charge in [-0.25, -0.2) is 0 Å². The Balaban J connectivity index is 2.05. The molecule has 4 heteroatoms. The Hall–Kier alpha value is -1.81. The summed E-state index contributed by atoms with van der Waals surface area (Å²) < 4.78 is 6.52. The van der Waals surface area contributed by atoms with E-state index in [1.807, 2.05) is 55.6 Å². The number of hydrogen-bond donors (Lipinski definition) is 0. The third kappa shape index (κ3) is 5.10. The molecule has 3 nitrogen and oxygen atoms in total. The molecule has 122 valence electrons. The summed E-state index contributed by atoms with van der Waals surface area (Å²) in [5.41, 5.74) is 1.76. The van der Waals surface area contributed by atoms with E-state index in [-0.39, 0.29) is 5.91 Å². The zero-order chi connectivity index (χ0) is 16.8. The largest absolute Gasteiger partial charge is 0.492 e. The SMILES string of the molecule is CC(C)COc1ccc(C(=O)N(C)Cc2ccccc2)cc1Br. The van der Waals surface area contributed by atoms with Gasteiger partial charge < -0.3 is 9.64 Å². The standard InChI is InChI=1S/C19H22BrNO2/c1-14(2)13-23-18-10-9-16(11-17(18)20)19(22)21(3)12-15-7-5-4-6-8-15/h4-11,14H,12-13H2,1-3H3. The summed E-state index contributed by atoms with van der Waals surface area (Å²) in [4.78, 5) is 14.3. The first-order valence-corrected chi connectivity index (χ1v) is 8.48. The maximum Gasteiger partial charge on any atom is 0.253 e. The van der Waals surface area contributed by atoms with Gasteiger partial charge in [-0.05, 0) is 45.6 Å². The zero-order valence-corrected chi connectivity index (χ0v) is 15.3. The normalized spacial score (nSPS) is 10.7. The molecule has 0 unspecified atom stereocenters. The first-order chi connectivity index (χ1) is 11.0. The van der Waals surface area contributed by atoms with E-state index in [2.05, 4.69) is 29.8 Å². The van der Waals surface area contributed by atoms with Gasteiger partial charge in [0.05, 0.1) is 11.1 Å². The van der Waals surface area contributed by atoms with E-state index in [1.165, 1.54) is 0 Å². The van der Waals surface area contributed by atoms with Crippen LogP contribution in [0.2, 0.25) is 0 Å². The average Bonchev–Trinajstić information content (AvgIpc) is 2.53. The molecule has 0 aliphatic carbocycles. The van der Waals surface area contributed by atoms with E-state index in [1.54, 1.807) is 4.90 Å². The van der Waals surface area contributed by atoms with Crippen LogP contribution >= 0.6 is 15.9 Å². The molecule has 2 rings (SSSR count). The second-order valence-electron chi connectivity index (χ2n) is 6.00.